The summed E-state index contributed by atoms with van der Waals surface area (Å²) in [6.45, 7) is 10.2. The number of nitrogens with one attached hydrogen (secondary N) is 1. The number of aromatic nitrogens is 4. The van der Waals surface area contributed by atoms with Gasteiger partial charge in [0.2, 0.25) is 5.95 Å². The summed E-state index contributed by atoms with van der Waals surface area (Å²) < 4.78 is 6.04. The number of rotatable bonds is 5. The number of aryl methyl sites for hydroxylation is 2. The van der Waals surface area contributed by atoms with Gasteiger partial charge in [-0.2, -0.15) is 0 Å². The molecule has 0 bridgehead atoms. The Morgan fingerprint density at radius 1 is 1.09 bits per heavy atom. The molecule has 1 unspecified atom stereocenters. The first-order valence-corrected chi connectivity index (χ1v) is 11.3. The molecule has 1 saturated heterocycles. The molecular weight excluding hydrogens is 400 g/mol. The zero-order valence-corrected chi connectivity index (χ0v) is 19.2. The smallest absolute Gasteiger partial charge is 0.228 e. The van der Waals surface area contributed by atoms with Gasteiger partial charge in [0.25, 0.3) is 0 Å². The summed E-state index contributed by atoms with van der Waals surface area (Å²) >= 11 is 0. The minimum absolute atomic E-state index is 0.111. The molecule has 0 aliphatic carbocycles. The van der Waals surface area contributed by atoms with Gasteiger partial charge in [-0.25, -0.2) is 15.0 Å². The lowest BCUT2D eigenvalue weighted by molar-refractivity contribution is 0.138. The predicted octanol–water partition coefficient (Wildman–Crippen LogP) is 4.68. The summed E-state index contributed by atoms with van der Waals surface area (Å²) in [4.78, 5) is 20.7. The van der Waals surface area contributed by atoms with E-state index in [1.165, 1.54) is 11.1 Å². The van der Waals surface area contributed by atoms with E-state index in [0.29, 0.717) is 11.8 Å². The summed E-state index contributed by atoms with van der Waals surface area (Å²) in [6.07, 6.45) is 6.81. The van der Waals surface area contributed by atoms with Crippen molar-refractivity contribution in [2.75, 3.05) is 11.9 Å². The van der Waals surface area contributed by atoms with Crippen molar-refractivity contribution in [1.29, 1.82) is 0 Å². The Hall–Kier alpha value is -3.06. The zero-order chi connectivity index (χ0) is 22.3. The van der Waals surface area contributed by atoms with Crippen LogP contribution in [0.15, 0.2) is 36.7 Å². The second-order valence-corrected chi connectivity index (χ2v) is 9.54. The first kappa shape index (κ1) is 20.8. The lowest BCUT2D eigenvalue weighted by Gasteiger charge is -2.24. The van der Waals surface area contributed by atoms with Gasteiger partial charge in [-0.05, 0) is 70.3 Å². The van der Waals surface area contributed by atoms with Gasteiger partial charge < -0.3 is 10.1 Å². The number of likely N-dealkylation sites (tertiary alicyclic amines) is 1. The van der Waals surface area contributed by atoms with Gasteiger partial charge in [0, 0.05) is 24.4 Å². The number of hydrogen-bond acceptors (Lipinski definition) is 7. The van der Waals surface area contributed by atoms with E-state index in [1.54, 1.807) is 6.20 Å². The van der Waals surface area contributed by atoms with Crippen LogP contribution in [0.4, 0.5) is 11.8 Å². The Bertz CT molecular complexity index is 1120. The first-order chi connectivity index (χ1) is 15.3. The van der Waals surface area contributed by atoms with Crippen molar-refractivity contribution in [1.82, 2.24) is 24.8 Å². The number of ether oxygens (including phenoxy) is 1. The Balaban J connectivity index is 1.32. The van der Waals surface area contributed by atoms with Crippen molar-refractivity contribution in [3.8, 4) is 5.75 Å². The van der Waals surface area contributed by atoms with Gasteiger partial charge in [-0.3, -0.25) is 9.88 Å². The number of fused-ring (bicyclic) bond motifs is 1. The molecule has 1 fully saturated rings. The fourth-order valence-corrected chi connectivity index (χ4v) is 4.84. The number of hydrogen-bond donors (Lipinski definition) is 1. The topological polar surface area (TPSA) is 76.1 Å². The molecular formula is C25H30N6O. The molecule has 2 aromatic heterocycles. The second kappa shape index (κ2) is 8.13. The van der Waals surface area contributed by atoms with Crippen molar-refractivity contribution in [2.45, 2.75) is 65.1 Å². The highest BCUT2D eigenvalue weighted by atomic mass is 16.5. The maximum absolute atomic E-state index is 6.04. The van der Waals surface area contributed by atoms with Gasteiger partial charge >= 0.3 is 0 Å². The van der Waals surface area contributed by atoms with Crippen molar-refractivity contribution in [2.24, 2.45) is 0 Å². The maximum atomic E-state index is 6.04. The lowest BCUT2D eigenvalue weighted by atomic mass is 10.00. The molecule has 166 valence electrons. The van der Waals surface area contributed by atoms with Gasteiger partial charge in [0.15, 0.2) is 5.82 Å². The molecule has 7 heteroatoms. The van der Waals surface area contributed by atoms with Crippen molar-refractivity contribution in [3.63, 3.8) is 0 Å². The average Bonchev–Trinajstić information content (AvgIpc) is 3.29. The van der Waals surface area contributed by atoms with E-state index in [4.69, 9.17) is 9.72 Å². The summed E-state index contributed by atoms with van der Waals surface area (Å²) in [6, 6.07) is 8.83. The zero-order valence-electron chi connectivity index (χ0n) is 19.2. The third-order valence-electron chi connectivity index (χ3n) is 6.09. The molecule has 4 heterocycles. The summed E-state index contributed by atoms with van der Waals surface area (Å²) in [5.41, 5.74) is 5.36. The quantitative estimate of drug-likeness (QED) is 0.630. The molecule has 0 saturated carbocycles. The highest BCUT2D eigenvalue weighted by molar-refractivity contribution is 5.47. The third kappa shape index (κ3) is 4.43. The predicted molar refractivity (Wildman–Crippen MR) is 124 cm³/mol. The molecule has 3 aromatic rings. The molecule has 0 radical (unpaired) electrons. The lowest BCUT2D eigenvalue weighted by Crippen LogP contribution is -2.24. The first-order valence-electron chi connectivity index (χ1n) is 11.3. The fourth-order valence-electron chi connectivity index (χ4n) is 4.84. The number of nitrogens with zero attached hydrogens (tertiary/aromatic N) is 5. The molecule has 5 rings (SSSR count). The van der Waals surface area contributed by atoms with Gasteiger partial charge in [0.05, 0.1) is 24.1 Å². The summed E-state index contributed by atoms with van der Waals surface area (Å²) in [7, 11) is 0. The van der Waals surface area contributed by atoms with E-state index in [9.17, 15) is 0 Å². The van der Waals surface area contributed by atoms with Gasteiger partial charge in [0.1, 0.15) is 11.4 Å². The number of benzene rings is 1. The van der Waals surface area contributed by atoms with Crippen LogP contribution in [0.5, 0.6) is 5.75 Å². The summed E-state index contributed by atoms with van der Waals surface area (Å²) in [5, 5.41) is 3.22. The van der Waals surface area contributed by atoms with E-state index in [0.717, 1.165) is 55.2 Å². The average molecular weight is 431 g/mol. The SMILES string of the molecule is Cc1cc(C)nc(Nc2cncc(C3CCCN3Cc3ccc4c(c3)CC(C)(C)O4)n2)n1. The molecule has 32 heavy (non-hydrogen) atoms. The molecule has 1 aromatic carbocycles. The highest BCUT2D eigenvalue weighted by Crippen LogP contribution is 2.37. The van der Waals surface area contributed by atoms with Crippen molar-refractivity contribution < 1.29 is 4.74 Å². The van der Waals surface area contributed by atoms with Crippen LogP contribution in [-0.4, -0.2) is 37.0 Å². The van der Waals surface area contributed by atoms with E-state index >= 15 is 0 Å². The van der Waals surface area contributed by atoms with Crippen LogP contribution < -0.4 is 10.1 Å². The second-order valence-electron chi connectivity index (χ2n) is 9.54. The Morgan fingerprint density at radius 2 is 1.91 bits per heavy atom. The van der Waals surface area contributed by atoms with E-state index in [2.05, 4.69) is 57.2 Å². The van der Waals surface area contributed by atoms with Crippen LogP contribution in [0.2, 0.25) is 0 Å². The highest BCUT2D eigenvalue weighted by Gasteiger charge is 2.31. The van der Waals surface area contributed by atoms with E-state index < -0.39 is 0 Å². The van der Waals surface area contributed by atoms with Crippen LogP contribution in [-0.2, 0) is 13.0 Å². The van der Waals surface area contributed by atoms with E-state index in [-0.39, 0.29) is 11.6 Å². The number of anilines is 2. The largest absolute Gasteiger partial charge is 0.487 e. The Kier molecular flexibility index (Phi) is 5.29. The Labute approximate surface area is 189 Å². The Morgan fingerprint density at radius 3 is 2.72 bits per heavy atom. The van der Waals surface area contributed by atoms with Crippen LogP contribution >= 0.6 is 0 Å². The van der Waals surface area contributed by atoms with Crippen molar-refractivity contribution in [3.05, 3.63) is 64.9 Å². The fraction of sp³-hybridized carbons (Fsp3) is 0.440. The van der Waals surface area contributed by atoms with Gasteiger partial charge in [-0.1, -0.05) is 12.1 Å². The van der Waals surface area contributed by atoms with Gasteiger partial charge in [-0.15, -0.1) is 0 Å². The third-order valence-corrected chi connectivity index (χ3v) is 6.09. The minimum Gasteiger partial charge on any atom is -0.487 e. The molecule has 2 aliphatic rings. The van der Waals surface area contributed by atoms with Crippen LogP contribution in [0, 0.1) is 13.8 Å². The minimum atomic E-state index is -0.111. The normalized spacial score (nSPS) is 19.6. The maximum Gasteiger partial charge on any atom is 0.228 e. The van der Waals surface area contributed by atoms with Crippen LogP contribution in [0.25, 0.3) is 0 Å². The summed E-state index contributed by atoms with van der Waals surface area (Å²) in [5.74, 6) is 2.26. The molecule has 2 aliphatic heterocycles. The van der Waals surface area contributed by atoms with Crippen LogP contribution in [0.3, 0.4) is 0 Å². The molecule has 0 spiro atoms. The molecule has 1 atom stereocenters. The monoisotopic (exact) mass is 430 g/mol. The molecule has 0 amide bonds. The van der Waals surface area contributed by atoms with Crippen LogP contribution in [0.1, 0.15) is 60.9 Å². The van der Waals surface area contributed by atoms with E-state index in [1.807, 2.05) is 26.1 Å². The molecule has 7 nitrogen and oxygen atoms in total. The molecule has 1 N–H and O–H groups in total. The van der Waals surface area contributed by atoms with Crippen molar-refractivity contribution >= 4 is 11.8 Å². The standard InChI is InChI=1S/C25H30N6O/c1-16-10-17(2)28-24(27-16)30-23-14-26-13-20(29-23)21-6-5-9-31(21)15-18-7-8-22-19(11-18)12-25(3,4)32-22/h7-8,10-11,13-14,21H,5-6,9,12,15H2,1-4H3,(H,27,28,29,30).